The minimum atomic E-state index is -0.145. The van der Waals surface area contributed by atoms with E-state index in [0.29, 0.717) is 18.7 Å². The van der Waals surface area contributed by atoms with Crippen LogP contribution in [0.4, 0.5) is 0 Å². The molecule has 1 saturated carbocycles. The first kappa shape index (κ1) is 22.4. The van der Waals surface area contributed by atoms with E-state index in [2.05, 4.69) is 5.32 Å². The molecule has 1 aromatic rings. The fraction of sp³-hybridized carbons (Fsp3) is 0.667. The van der Waals surface area contributed by atoms with Crippen LogP contribution in [-0.4, -0.2) is 43.0 Å². The topological polar surface area (TPSA) is 67.9 Å². The average Bonchev–Trinajstić information content (AvgIpc) is 3.27. The van der Waals surface area contributed by atoms with Gasteiger partial charge in [0.15, 0.2) is 11.5 Å². The van der Waals surface area contributed by atoms with E-state index in [-0.39, 0.29) is 29.9 Å². The Bertz CT molecular complexity index is 730. The lowest BCUT2D eigenvalue weighted by Gasteiger charge is -2.32. The molecular weight excluding hydrogens is 380 g/mol. The Hall–Kier alpha value is -2.24. The Balaban J connectivity index is 1.59. The average molecular weight is 417 g/mol. The molecule has 2 amide bonds. The normalized spacial score (nSPS) is 20.6. The van der Waals surface area contributed by atoms with Gasteiger partial charge in [0.1, 0.15) is 0 Å². The number of ether oxygens (including phenoxy) is 2. The van der Waals surface area contributed by atoms with Gasteiger partial charge in [-0.2, -0.15) is 0 Å². The minimum absolute atomic E-state index is 0.0155. The maximum absolute atomic E-state index is 12.9. The zero-order valence-electron chi connectivity index (χ0n) is 18.6. The third-order valence-corrected chi connectivity index (χ3v) is 6.25. The monoisotopic (exact) mass is 416 g/mol. The van der Waals surface area contributed by atoms with Crippen LogP contribution < -0.4 is 14.8 Å². The van der Waals surface area contributed by atoms with Crippen LogP contribution in [0.15, 0.2) is 18.2 Å². The summed E-state index contributed by atoms with van der Waals surface area (Å²) in [5.74, 6) is 1.50. The molecule has 1 heterocycles. The summed E-state index contributed by atoms with van der Waals surface area (Å²) in [4.78, 5) is 26.9. The van der Waals surface area contributed by atoms with Crippen molar-refractivity contribution in [3.63, 3.8) is 0 Å². The van der Waals surface area contributed by atoms with E-state index in [4.69, 9.17) is 9.47 Å². The lowest BCUT2D eigenvalue weighted by molar-refractivity contribution is -0.135. The van der Waals surface area contributed by atoms with E-state index in [0.717, 1.165) is 50.0 Å². The number of carbonyl (C=O) groups excluding carboxylic acids is 2. The number of piperidine rings is 1. The van der Waals surface area contributed by atoms with Crippen molar-refractivity contribution in [3.8, 4) is 11.5 Å². The lowest BCUT2D eigenvalue weighted by Crippen LogP contribution is -2.45. The minimum Gasteiger partial charge on any atom is -0.493 e. The van der Waals surface area contributed by atoms with Crippen LogP contribution in [0.2, 0.25) is 0 Å². The van der Waals surface area contributed by atoms with E-state index in [1.807, 2.05) is 36.9 Å². The van der Waals surface area contributed by atoms with Crippen LogP contribution in [0.3, 0.4) is 0 Å². The molecule has 0 radical (unpaired) electrons. The van der Waals surface area contributed by atoms with Crippen molar-refractivity contribution in [2.24, 2.45) is 5.92 Å². The number of hydrogen-bond donors (Lipinski definition) is 1. The number of hydrogen-bond acceptors (Lipinski definition) is 4. The summed E-state index contributed by atoms with van der Waals surface area (Å²) in [5, 5.41) is 3.13. The molecular formula is C24H36N2O4. The SMILES string of the molecule is CCCC(=O)N1CCCC(C(=O)NC(C)c2ccc(OC3CCCC3)c(OC)c2)C1. The predicted octanol–water partition coefficient (Wildman–Crippen LogP) is 4.23. The first-order valence-corrected chi connectivity index (χ1v) is 11.4. The van der Waals surface area contributed by atoms with E-state index in [9.17, 15) is 9.59 Å². The zero-order valence-corrected chi connectivity index (χ0v) is 18.6. The molecule has 1 aliphatic heterocycles. The number of nitrogens with zero attached hydrogens (tertiary/aromatic N) is 1. The number of methoxy groups -OCH3 is 1. The quantitative estimate of drug-likeness (QED) is 0.689. The van der Waals surface area contributed by atoms with Crippen molar-refractivity contribution in [2.75, 3.05) is 20.2 Å². The lowest BCUT2D eigenvalue weighted by atomic mass is 9.96. The van der Waals surface area contributed by atoms with Crippen molar-refractivity contribution in [3.05, 3.63) is 23.8 Å². The summed E-state index contributed by atoms with van der Waals surface area (Å²) >= 11 is 0. The van der Waals surface area contributed by atoms with Crippen LogP contribution in [0, 0.1) is 5.92 Å². The highest BCUT2D eigenvalue weighted by Gasteiger charge is 2.29. The van der Waals surface area contributed by atoms with Crippen LogP contribution in [0.25, 0.3) is 0 Å². The molecule has 1 saturated heterocycles. The van der Waals surface area contributed by atoms with Crippen LogP contribution in [0.1, 0.15) is 76.8 Å². The molecule has 1 aromatic carbocycles. The van der Waals surface area contributed by atoms with E-state index in [1.54, 1.807) is 7.11 Å². The molecule has 6 nitrogen and oxygen atoms in total. The second-order valence-electron chi connectivity index (χ2n) is 8.59. The van der Waals surface area contributed by atoms with Gasteiger partial charge in [-0.1, -0.05) is 13.0 Å². The number of amides is 2. The number of carbonyl (C=O) groups is 2. The van der Waals surface area contributed by atoms with Gasteiger partial charge in [0.05, 0.1) is 25.2 Å². The first-order chi connectivity index (χ1) is 14.5. The Kier molecular flexibility index (Phi) is 8.00. The smallest absolute Gasteiger partial charge is 0.225 e. The molecule has 0 aromatic heterocycles. The second-order valence-corrected chi connectivity index (χ2v) is 8.59. The summed E-state index contributed by atoms with van der Waals surface area (Å²) in [7, 11) is 1.65. The van der Waals surface area contributed by atoms with Gasteiger partial charge in [-0.05, 0) is 69.6 Å². The number of benzene rings is 1. The summed E-state index contributed by atoms with van der Waals surface area (Å²) in [5.41, 5.74) is 0.980. The Labute approximate surface area is 180 Å². The van der Waals surface area contributed by atoms with E-state index in [1.165, 1.54) is 12.8 Å². The summed E-state index contributed by atoms with van der Waals surface area (Å²) < 4.78 is 11.7. The number of rotatable bonds is 8. The highest BCUT2D eigenvalue weighted by atomic mass is 16.5. The van der Waals surface area contributed by atoms with Gasteiger partial charge >= 0.3 is 0 Å². The molecule has 2 atom stereocenters. The highest BCUT2D eigenvalue weighted by molar-refractivity contribution is 5.81. The molecule has 6 heteroatoms. The van der Waals surface area contributed by atoms with Gasteiger partial charge in [-0.3, -0.25) is 9.59 Å². The van der Waals surface area contributed by atoms with Crippen molar-refractivity contribution in [2.45, 2.75) is 77.4 Å². The van der Waals surface area contributed by atoms with Gasteiger partial charge in [0, 0.05) is 19.5 Å². The molecule has 3 rings (SSSR count). The molecule has 0 bridgehead atoms. The molecule has 0 spiro atoms. The highest BCUT2D eigenvalue weighted by Crippen LogP contribution is 2.34. The van der Waals surface area contributed by atoms with Gasteiger partial charge < -0.3 is 19.7 Å². The Morgan fingerprint density at radius 3 is 2.63 bits per heavy atom. The van der Waals surface area contributed by atoms with Crippen molar-refractivity contribution < 1.29 is 19.1 Å². The Morgan fingerprint density at radius 1 is 1.17 bits per heavy atom. The van der Waals surface area contributed by atoms with Crippen molar-refractivity contribution in [1.29, 1.82) is 0 Å². The third kappa shape index (κ3) is 5.67. The van der Waals surface area contributed by atoms with Gasteiger partial charge in [0.2, 0.25) is 11.8 Å². The molecule has 1 aliphatic carbocycles. The van der Waals surface area contributed by atoms with Gasteiger partial charge in [-0.25, -0.2) is 0 Å². The molecule has 2 unspecified atom stereocenters. The second kappa shape index (κ2) is 10.7. The van der Waals surface area contributed by atoms with Gasteiger partial charge in [0.25, 0.3) is 0 Å². The fourth-order valence-electron chi connectivity index (χ4n) is 4.44. The maximum Gasteiger partial charge on any atom is 0.225 e. The molecule has 1 N–H and O–H groups in total. The first-order valence-electron chi connectivity index (χ1n) is 11.4. The summed E-state index contributed by atoms with van der Waals surface area (Å²) in [6.07, 6.45) is 7.99. The zero-order chi connectivity index (χ0) is 21.5. The van der Waals surface area contributed by atoms with Crippen LogP contribution >= 0.6 is 0 Å². The van der Waals surface area contributed by atoms with E-state index >= 15 is 0 Å². The van der Waals surface area contributed by atoms with Gasteiger partial charge in [-0.15, -0.1) is 0 Å². The number of likely N-dealkylation sites (tertiary alicyclic amines) is 1. The van der Waals surface area contributed by atoms with Crippen molar-refractivity contribution in [1.82, 2.24) is 10.2 Å². The third-order valence-electron chi connectivity index (χ3n) is 6.25. The summed E-state index contributed by atoms with van der Waals surface area (Å²) in [6.45, 7) is 5.27. The largest absolute Gasteiger partial charge is 0.493 e. The molecule has 166 valence electrons. The summed E-state index contributed by atoms with van der Waals surface area (Å²) in [6, 6.07) is 5.75. The fourth-order valence-corrected chi connectivity index (χ4v) is 4.44. The standard InChI is InChI=1S/C24H36N2O4/c1-4-8-23(27)26-14-7-9-19(16-26)24(28)25-17(2)18-12-13-21(22(15-18)29-3)30-20-10-5-6-11-20/h12-13,15,17,19-20H,4-11,14,16H2,1-3H3,(H,25,28). The molecule has 30 heavy (non-hydrogen) atoms. The van der Waals surface area contributed by atoms with Crippen molar-refractivity contribution >= 4 is 11.8 Å². The molecule has 2 aliphatic rings. The van der Waals surface area contributed by atoms with Crippen LogP contribution in [-0.2, 0) is 9.59 Å². The Morgan fingerprint density at radius 2 is 1.93 bits per heavy atom. The van der Waals surface area contributed by atoms with E-state index < -0.39 is 0 Å². The van der Waals surface area contributed by atoms with Crippen LogP contribution in [0.5, 0.6) is 11.5 Å². The number of nitrogens with one attached hydrogen (secondary N) is 1. The predicted molar refractivity (Wildman–Crippen MR) is 117 cm³/mol. The molecule has 2 fully saturated rings. The maximum atomic E-state index is 12.9.